The third-order valence-corrected chi connectivity index (χ3v) is 3.17. The van der Waals surface area contributed by atoms with Crippen molar-refractivity contribution in [1.29, 1.82) is 0 Å². The fraction of sp³-hybridized carbons (Fsp3) is 0.500. The van der Waals surface area contributed by atoms with Gasteiger partial charge in [-0.1, -0.05) is 23.7 Å². The number of hydrogen-bond acceptors (Lipinski definition) is 4. The lowest BCUT2D eigenvalue weighted by Gasteiger charge is -2.44. The van der Waals surface area contributed by atoms with Gasteiger partial charge < -0.3 is 18.9 Å². The van der Waals surface area contributed by atoms with Crippen LogP contribution < -0.4 is 4.74 Å². The molecular weight excluding hydrogens is 244 g/mol. The average Bonchev–Trinajstić information content (AvgIpc) is 2.40. The van der Waals surface area contributed by atoms with Gasteiger partial charge in [-0.3, -0.25) is 0 Å². The number of hydrogen-bond donors (Lipinski definition) is 0. The van der Waals surface area contributed by atoms with Crippen LogP contribution in [0.2, 0.25) is 5.02 Å². The van der Waals surface area contributed by atoms with Gasteiger partial charge >= 0.3 is 5.97 Å². The van der Waals surface area contributed by atoms with Crippen LogP contribution in [-0.4, -0.2) is 32.4 Å². The maximum Gasteiger partial charge on any atom is 0.319 e. The van der Waals surface area contributed by atoms with Crippen LogP contribution in [-0.2, 0) is 14.2 Å². The third-order valence-electron chi connectivity index (χ3n) is 2.86. The molecule has 0 atom stereocenters. The summed E-state index contributed by atoms with van der Waals surface area (Å²) in [6.45, 7) is 2.16. The van der Waals surface area contributed by atoms with Crippen molar-refractivity contribution >= 4 is 11.6 Å². The zero-order valence-electron chi connectivity index (χ0n) is 9.23. The van der Waals surface area contributed by atoms with Crippen molar-refractivity contribution in [2.24, 2.45) is 5.92 Å². The number of para-hydroxylation sites is 1. The van der Waals surface area contributed by atoms with E-state index in [4.69, 9.17) is 30.5 Å². The van der Waals surface area contributed by atoms with Gasteiger partial charge in [-0.2, -0.15) is 0 Å². The van der Waals surface area contributed by atoms with E-state index in [1.807, 2.05) is 12.1 Å². The molecule has 0 saturated carbocycles. The molecule has 1 aromatic carbocycles. The summed E-state index contributed by atoms with van der Waals surface area (Å²) in [6, 6.07) is 7.28. The van der Waals surface area contributed by atoms with Crippen molar-refractivity contribution in [2.75, 3.05) is 26.4 Å². The van der Waals surface area contributed by atoms with E-state index in [0.717, 1.165) is 0 Å². The van der Waals surface area contributed by atoms with Crippen LogP contribution in [0.5, 0.6) is 5.75 Å². The minimum Gasteiger partial charge on any atom is -0.484 e. The molecule has 0 unspecified atom stereocenters. The topological polar surface area (TPSA) is 36.9 Å². The summed E-state index contributed by atoms with van der Waals surface area (Å²) in [5.74, 6) is -0.0993. The molecule has 0 spiro atoms. The first-order valence-corrected chi connectivity index (χ1v) is 5.94. The van der Waals surface area contributed by atoms with Gasteiger partial charge in [-0.15, -0.1) is 0 Å². The Morgan fingerprint density at radius 3 is 2.47 bits per heavy atom. The van der Waals surface area contributed by atoms with Crippen LogP contribution in [0, 0.1) is 5.92 Å². The molecule has 3 fully saturated rings. The molecule has 2 bridgehead atoms. The van der Waals surface area contributed by atoms with Gasteiger partial charge in [-0.25, -0.2) is 0 Å². The lowest BCUT2D eigenvalue weighted by molar-refractivity contribution is -0.453. The summed E-state index contributed by atoms with van der Waals surface area (Å²) < 4.78 is 22.1. The van der Waals surface area contributed by atoms with Gasteiger partial charge in [0.15, 0.2) is 6.61 Å². The number of benzene rings is 1. The summed E-state index contributed by atoms with van der Waals surface area (Å²) in [4.78, 5) is 0. The molecule has 17 heavy (non-hydrogen) atoms. The van der Waals surface area contributed by atoms with E-state index in [0.29, 0.717) is 36.5 Å². The normalized spacial score (nSPS) is 31.5. The highest BCUT2D eigenvalue weighted by Crippen LogP contribution is 2.32. The molecule has 3 aliphatic rings. The second kappa shape index (κ2) is 4.46. The molecule has 3 saturated heterocycles. The maximum absolute atomic E-state index is 5.99. The van der Waals surface area contributed by atoms with Gasteiger partial charge in [0.25, 0.3) is 0 Å². The summed E-state index contributed by atoms with van der Waals surface area (Å²) in [5.41, 5.74) is 0. The minimum atomic E-state index is -1.05. The van der Waals surface area contributed by atoms with Crippen LogP contribution in [0.15, 0.2) is 24.3 Å². The van der Waals surface area contributed by atoms with Gasteiger partial charge in [0, 0.05) is 5.92 Å². The second-order valence-corrected chi connectivity index (χ2v) is 4.61. The van der Waals surface area contributed by atoms with Crippen LogP contribution >= 0.6 is 11.6 Å². The average molecular weight is 257 g/mol. The van der Waals surface area contributed by atoms with Crippen molar-refractivity contribution in [3.8, 4) is 5.75 Å². The molecular formula is C12H13ClO4. The van der Waals surface area contributed by atoms with Crippen LogP contribution in [0.4, 0.5) is 0 Å². The predicted molar refractivity (Wildman–Crippen MR) is 61.0 cm³/mol. The minimum absolute atomic E-state index is 0.184. The van der Waals surface area contributed by atoms with Gasteiger partial charge in [0.05, 0.1) is 24.8 Å². The van der Waals surface area contributed by atoms with Crippen LogP contribution in [0.1, 0.15) is 0 Å². The Morgan fingerprint density at radius 2 is 1.82 bits per heavy atom. The highest BCUT2D eigenvalue weighted by atomic mass is 35.5. The Labute approximate surface area is 104 Å². The van der Waals surface area contributed by atoms with Gasteiger partial charge in [0.1, 0.15) is 5.75 Å². The number of ether oxygens (including phenoxy) is 4. The highest BCUT2D eigenvalue weighted by Gasteiger charge is 2.45. The van der Waals surface area contributed by atoms with Crippen molar-refractivity contribution in [3.63, 3.8) is 0 Å². The van der Waals surface area contributed by atoms with E-state index in [9.17, 15) is 0 Å². The number of fused-ring (bicyclic) bond motifs is 3. The van der Waals surface area contributed by atoms with Crippen molar-refractivity contribution < 1.29 is 18.9 Å². The quantitative estimate of drug-likeness (QED) is 0.830. The zero-order valence-corrected chi connectivity index (χ0v) is 9.98. The van der Waals surface area contributed by atoms with Crippen LogP contribution in [0.25, 0.3) is 0 Å². The Kier molecular flexibility index (Phi) is 2.96. The molecule has 1 aromatic rings. The SMILES string of the molecule is Clc1ccccc1OCC12OCC(CO1)CO2. The summed E-state index contributed by atoms with van der Waals surface area (Å²) in [5, 5.41) is 0.563. The van der Waals surface area contributed by atoms with E-state index in [2.05, 4.69) is 0 Å². The predicted octanol–water partition coefficient (Wildman–Crippen LogP) is 2.07. The smallest absolute Gasteiger partial charge is 0.319 e. The second-order valence-electron chi connectivity index (χ2n) is 4.20. The monoisotopic (exact) mass is 256 g/mol. The zero-order chi connectivity index (χ0) is 11.7. The summed E-state index contributed by atoms with van der Waals surface area (Å²) >= 11 is 5.99. The third kappa shape index (κ3) is 2.26. The molecule has 0 aromatic heterocycles. The molecule has 0 aliphatic carbocycles. The first kappa shape index (κ1) is 11.3. The molecule has 4 rings (SSSR count). The van der Waals surface area contributed by atoms with Gasteiger partial charge in [0.2, 0.25) is 0 Å². The lowest BCUT2D eigenvalue weighted by Crippen LogP contribution is -2.57. The Morgan fingerprint density at radius 1 is 1.18 bits per heavy atom. The number of rotatable bonds is 3. The standard InChI is InChI=1S/C12H13ClO4/c13-10-3-1-2-4-11(10)14-8-12-15-5-9(6-16-12)7-17-12/h1-4,9H,5-8H2. The lowest BCUT2D eigenvalue weighted by atomic mass is 10.1. The molecule has 92 valence electrons. The Bertz CT molecular complexity index is 387. The highest BCUT2D eigenvalue weighted by molar-refractivity contribution is 6.32. The fourth-order valence-corrected chi connectivity index (χ4v) is 2.05. The van der Waals surface area contributed by atoms with E-state index < -0.39 is 5.97 Å². The molecule has 4 nitrogen and oxygen atoms in total. The van der Waals surface area contributed by atoms with Crippen molar-refractivity contribution in [1.82, 2.24) is 0 Å². The first-order valence-electron chi connectivity index (χ1n) is 5.57. The van der Waals surface area contributed by atoms with E-state index in [1.165, 1.54) is 0 Å². The molecule has 0 N–H and O–H groups in total. The number of halogens is 1. The largest absolute Gasteiger partial charge is 0.484 e. The fourth-order valence-electron chi connectivity index (χ4n) is 1.86. The maximum atomic E-state index is 5.99. The van der Waals surface area contributed by atoms with Crippen LogP contribution in [0.3, 0.4) is 0 Å². The molecule has 3 heterocycles. The van der Waals surface area contributed by atoms with Gasteiger partial charge in [-0.05, 0) is 12.1 Å². The Hall–Kier alpha value is -0.810. The van der Waals surface area contributed by atoms with E-state index in [-0.39, 0.29) is 6.61 Å². The van der Waals surface area contributed by atoms with Crippen molar-refractivity contribution in [2.45, 2.75) is 5.97 Å². The van der Waals surface area contributed by atoms with E-state index >= 15 is 0 Å². The van der Waals surface area contributed by atoms with E-state index in [1.54, 1.807) is 12.1 Å². The summed E-state index contributed by atoms with van der Waals surface area (Å²) in [7, 11) is 0. The van der Waals surface area contributed by atoms with Crippen molar-refractivity contribution in [3.05, 3.63) is 29.3 Å². The molecule has 5 heteroatoms. The molecule has 0 amide bonds. The summed E-state index contributed by atoms with van der Waals surface area (Å²) in [6.07, 6.45) is 0. The molecule has 0 radical (unpaired) electrons. The molecule has 3 aliphatic heterocycles. The Balaban J connectivity index is 1.66. The first-order chi connectivity index (χ1) is 8.27.